The van der Waals surface area contributed by atoms with E-state index in [1.54, 1.807) is 18.2 Å². The van der Waals surface area contributed by atoms with E-state index in [0.717, 1.165) is 23.5 Å². The van der Waals surface area contributed by atoms with E-state index in [-0.39, 0.29) is 22.4 Å². The minimum Gasteiger partial charge on any atom is -0.507 e. The molecule has 186 valence electrons. The molecule has 1 amide bonds. The topological polar surface area (TPSA) is 154 Å². The Hall–Kier alpha value is -5.17. The monoisotopic (exact) mass is 499 g/mol. The molecule has 4 rings (SSSR count). The number of ketones is 1. The molecule has 0 aliphatic carbocycles. The maximum absolute atomic E-state index is 13.3. The van der Waals surface area contributed by atoms with Gasteiger partial charge in [-0.1, -0.05) is 25.1 Å². The Kier molecular flexibility index (Phi) is 6.88. The van der Waals surface area contributed by atoms with Crippen LogP contribution in [0.25, 0.3) is 5.76 Å². The number of hydrogen-bond acceptors (Lipinski definition) is 8. The molecule has 1 atom stereocenters. The molecule has 1 aliphatic rings. The van der Waals surface area contributed by atoms with Crippen LogP contribution in [0.5, 0.6) is 11.5 Å². The van der Waals surface area contributed by atoms with Crippen molar-refractivity contribution in [1.82, 2.24) is 0 Å². The van der Waals surface area contributed by atoms with Crippen molar-refractivity contribution in [2.24, 2.45) is 0 Å². The van der Waals surface area contributed by atoms with Gasteiger partial charge in [0.25, 0.3) is 11.7 Å². The van der Waals surface area contributed by atoms with Crippen LogP contribution in [-0.2, 0) is 9.59 Å². The Bertz CT molecular complexity index is 1470. The highest BCUT2D eigenvalue weighted by atomic mass is 16.6. The molecule has 1 fully saturated rings. The van der Waals surface area contributed by atoms with Gasteiger partial charge in [0.2, 0.25) is 0 Å². The van der Waals surface area contributed by atoms with Gasteiger partial charge in [-0.2, -0.15) is 5.26 Å². The molecule has 1 saturated heterocycles. The third-order valence-electron chi connectivity index (χ3n) is 5.81. The number of phenolic OH excluding ortho intramolecular Hbond substituents is 1. The van der Waals surface area contributed by atoms with E-state index in [2.05, 4.69) is 0 Å². The van der Waals surface area contributed by atoms with Crippen LogP contribution in [0.1, 0.15) is 36.1 Å². The maximum Gasteiger partial charge on any atom is 0.311 e. The van der Waals surface area contributed by atoms with Crippen molar-refractivity contribution < 1.29 is 29.5 Å². The summed E-state index contributed by atoms with van der Waals surface area (Å²) in [5.74, 6) is -2.60. The van der Waals surface area contributed by atoms with Gasteiger partial charge in [-0.25, -0.2) is 0 Å². The van der Waals surface area contributed by atoms with E-state index in [1.165, 1.54) is 36.4 Å². The summed E-state index contributed by atoms with van der Waals surface area (Å²) in [7, 11) is 0. The first kappa shape index (κ1) is 24.9. The van der Waals surface area contributed by atoms with Crippen molar-refractivity contribution >= 4 is 28.8 Å². The molecule has 3 aromatic carbocycles. The van der Waals surface area contributed by atoms with E-state index >= 15 is 0 Å². The molecule has 0 bridgehead atoms. The number of nitro groups is 1. The highest BCUT2D eigenvalue weighted by Gasteiger charge is 2.47. The molecule has 1 heterocycles. The highest BCUT2D eigenvalue weighted by molar-refractivity contribution is 6.51. The average Bonchev–Trinajstić information content (AvgIpc) is 3.17. The number of carbonyl (C=O) groups excluding carboxylic acids is 2. The normalized spacial score (nSPS) is 16.4. The second-order valence-corrected chi connectivity index (χ2v) is 8.21. The summed E-state index contributed by atoms with van der Waals surface area (Å²) in [6.45, 7) is 2.37. The van der Waals surface area contributed by atoms with Crippen molar-refractivity contribution in [3.8, 4) is 17.6 Å². The van der Waals surface area contributed by atoms with Gasteiger partial charge in [0.15, 0.2) is 5.75 Å². The van der Waals surface area contributed by atoms with Crippen molar-refractivity contribution in [1.29, 1.82) is 5.26 Å². The zero-order valence-corrected chi connectivity index (χ0v) is 19.6. The molecule has 0 aromatic heterocycles. The number of aliphatic hydroxyl groups is 1. The third-order valence-corrected chi connectivity index (χ3v) is 5.81. The number of nitrogens with zero attached hydrogens (tertiary/aromatic N) is 3. The molecule has 3 aromatic rings. The Morgan fingerprint density at radius 2 is 1.86 bits per heavy atom. The lowest BCUT2D eigenvalue weighted by Crippen LogP contribution is -2.29. The molecule has 2 N–H and O–H groups in total. The van der Waals surface area contributed by atoms with E-state index in [1.807, 2.05) is 13.0 Å². The van der Waals surface area contributed by atoms with Gasteiger partial charge in [-0.15, -0.1) is 0 Å². The zero-order valence-electron chi connectivity index (χ0n) is 19.6. The first-order valence-electron chi connectivity index (χ1n) is 11.3. The van der Waals surface area contributed by atoms with Crippen molar-refractivity contribution in [2.75, 3.05) is 11.5 Å². The summed E-state index contributed by atoms with van der Waals surface area (Å²) >= 11 is 0. The van der Waals surface area contributed by atoms with Gasteiger partial charge in [0.05, 0.1) is 34.8 Å². The maximum atomic E-state index is 13.3. The Balaban J connectivity index is 1.94. The number of nitriles is 1. The van der Waals surface area contributed by atoms with Crippen LogP contribution in [0.2, 0.25) is 0 Å². The Labute approximate surface area is 211 Å². The molecule has 10 heteroatoms. The number of rotatable bonds is 7. The largest absolute Gasteiger partial charge is 0.507 e. The van der Waals surface area contributed by atoms with E-state index in [0.29, 0.717) is 17.9 Å². The van der Waals surface area contributed by atoms with Gasteiger partial charge in [0.1, 0.15) is 11.5 Å². The summed E-state index contributed by atoms with van der Waals surface area (Å²) in [4.78, 5) is 38.3. The molecule has 0 saturated carbocycles. The number of ether oxygens (including phenoxy) is 1. The van der Waals surface area contributed by atoms with Gasteiger partial charge >= 0.3 is 5.69 Å². The first-order valence-corrected chi connectivity index (χ1v) is 11.3. The fourth-order valence-electron chi connectivity index (χ4n) is 4.08. The van der Waals surface area contributed by atoms with Crippen LogP contribution in [-0.4, -0.2) is 33.4 Å². The highest BCUT2D eigenvalue weighted by Crippen LogP contribution is 2.44. The second kappa shape index (κ2) is 10.2. The number of benzene rings is 3. The minimum absolute atomic E-state index is 0.119. The van der Waals surface area contributed by atoms with E-state index in [4.69, 9.17) is 10.00 Å². The second-order valence-electron chi connectivity index (χ2n) is 8.21. The van der Waals surface area contributed by atoms with Crippen molar-refractivity contribution in [2.45, 2.75) is 19.4 Å². The summed E-state index contributed by atoms with van der Waals surface area (Å²) < 4.78 is 5.61. The van der Waals surface area contributed by atoms with Gasteiger partial charge in [0, 0.05) is 17.3 Å². The zero-order chi connectivity index (χ0) is 26.7. The molecule has 37 heavy (non-hydrogen) atoms. The van der Waals surface area contributed by atoms with Crippen LogP contribution >= 0.6 is 0 Å². The molecule has 1 unspecified atom stereocenters. The molecule has 0 spiro atoms. The molecule has 10 nitrogen and oxygen atoms in total. The van der Waals surface area contributed by atoms with Crippen LogP contribution in [0, 0.1) is 21.4 Å². The minimum atomic E-state index is -1.26. The number of carbonyl (C=O) groups is 2. The lowest BCUT2D eigenvalue weighted by molar-refractivity contribution is -0.385. The van der Waals surface area contributed by atoms with E-state index in [9.17, 15) is 29.9 Å². The van der Waals surface area contributed by atoms with Crippen LogP contribution in [0.3, 0.4) is 0 Å². The number of hydrogen-bond donors (Lipinski definition) is 2. The van der Waals surface area contributed by atoms with Crippen LogP contribution in [0.4, 0.5) is 11.4 Å². The standard InChI is InChI=1S/C27H21N3O7/c1-2-12-37-20-5-3-4-18(13-20)25(32)23-24(17-8-11-22(31)21(14-17)30(35)36)29(27(34)26(23)33)19-9-6-16(15-28)7-10-19/h3-11,13-14,24,31-32H,2,12H2,1H3/b25-23-. The molecule has 0 radical (unpaired) electrons. The SMILES string of the molecule is CCCOc1cccc(/C(O)=C2/C(=O)C(=O)N(c3ccc(C#N)cc3)C2c2ccc(O)c([N+](=O)[O-])c2)c1. The summed E-state index contributed by atoms with van der Waals surface area (Å²) in [6.07, 6.45) is 0.756. The number of Topliss-reactive ketones (excluding diaryl/α,β-unsaturated/α-hetero) is 1. The number of phenols is 1. The fourth-order valence-corrected chi connectivity index (χ4v) is 4.08. The smallest absolute Gasteiger partial charge is 0.311 e. The quantitative estimate of drug-likeness (QED) is 0.157. The number of aromatic hydroxyl groups is 1. The molecule has 1 aliphatic heterocycles. The van der Waals surface area contributed by atoms with Gasteiger partial charge < -0.3 is 14.9 Å². The van der Waals surface area contributed by atoms with Crippen LogP contribution < -0.4 is 9.64 Å². The Morgan fingerprint density at radius 3 is 2.51 bits per heavy atom. The van der Waals surface area contributed by atoms with Crippen molar-refractivity contribution in [3.05, 3.63) is 99.1 Å². The molecular weight excluding hydrogens is 478 g/mol. The number of aliphatic hydroxyl groups excluding tert-OH is 1. The predicted molar refractivity (Wildman–Crippen MR) is 133 cm³/mol. The Morgan fingerprint density at radius 1 is 1.14 bits per heavy atom. The average molecular weight is 499 g/mol. The number of amides is 1. The van der Waals surface area contributed by atoms with Gasteiger partial charge in [-0.05, 0) is 54.4 Å². The number of anilines is 1. The lowest BCUT2D eigenvalue weighted by atomic mass is 9.94. The van der Waals surface area contributed by atoms with Crippen LogP contribution in [0.15, 0.2) is 72.3 Å². The number of nitro benzene ring substituents is 1. The first-order chi connectivity index (χ1) is 17.8. The van der Waals surface area contributed by atoms with E-state index < -0.39 is 39.9 Å². The summed E-state index contributed by atoms with van der Waals surface area (Å²) in [6, 6.07) is 16.4. The lowest BCUT2D eigenvalue weighted by Gasteiger charge is -2.25. The predicted octanol–water partition coefficient (Wildman–Crippen LogP) is 4.59. The summed E-state index contributed by atoms with van der Waals surface area (Å²) in [5.41, 5.74) is -0.0282. The third kappa shape index (κ3) is 4.70. The van der Waals surface area contributed by atoms with Gasteiger partial charge in [-0.3, -0.25) is 24.6 Å². The molecular formula is C27H21N3O7. The van der Waals surface area contributed by atoms with Crippen molar-refractivity contribution in [3.63, 3.8) is 0 Å². The summed E-state index contributed by atoms with van der Waals surface area (Å²) in [5, 5.41) is 41.8. The fraction of sp³-hybridized carbons (Fsp3) is 0.148.